The zero-order valence-electron chi connectivity index (χ0n) is 14.7. The first-order valence-electron chi connectivity index (χ1n) is 8.50. The van der Waals surface area contributed by atoms with E-state index in [0.717, 1.165) is 34.4 Å². The minimum atomic E-state index is -1.04. The van der Waals surface area contributed by atoms with Crippen LogP contribution in [-0.2, 0) is 4.79 Å². The van der Waals surface area contributed by atoms with Crippen molar-refractivity contribution in [2.24, 2.45) is 0 Å². The molecule has 25 heavy (non-hydrogen) atoms. The minimum Gasteiger partial charge on any atom is -0.355 e. The summed E-state index contributed by atoms with van der Waals surface area (Å²) in [5.74, 6) is 0.735. The molecular weight excluding hydrogens is 350 g/mol. The van der Waals surface area contributed by atoms with Crippen LogP contribution < -0.4 is 5.32 Å². The number of benzene rings is 2. The first-order valence-corrected chi connectivity index (χ1v) is 11.9. The van der Waals surface area contributed by atoms with Crippen molar-refractivity contribution >= 4 is 38.0 Å². The number of nitrogens with one attached hydrogen (secondary N) is 1. The first-order chi connectivity index (χ1) is 12.0. The summed E-state index contributed by atoms with van der Waals surface area (Å²) in [7, 11) is 5.28. The van der Waals surface area contributed by atoms with E-state index in [9.17, 15) is 4.79 Å². The number of halogens is 1. The molecular formula is C21H24ClNOS. The molecule has 0 atom stereocenters. The average molecular weight is 374 g/mol. The van der Waals surface area contributed by atoms with Gasteiger partial charge in [-0.15, -0.1) is 0 Å². The number of rotatable bonds is 5. The van der Waals surface area contributed by atoms with Gasteiger partial charge in [-0.25, -0.2) is 0 Å². The molecule has 132 valence electrons. The van der Waals surface area contributed by atoms with Crippen molar-refractivity contribution in [2.75, 3.05) is 24.8 Å². The van der Waals surface area contributed by atoms with Gasteiger partial charge in [0.05, 0.1) is 5.92 Å². The third-order valence-corrected chi connectivity index (χ3v) is 6.15. The number of carbonyl (C=O) groups is 1. The van der Waals surface area contributed by atoms with Crippen molar-refractivity contribution in [3.63, 3.8) is 0 Å². The van der Waals surface area contributed by atoms with Gasteiger partial charge < -0.3 is 5.32 Å². The molecule has 0 unspecified atom stereocenters. The Bertz CT molecular complexity index is 745. The van der Waals surface area contributed by atoms with Gasteiger partial charge in [0.25, 0.3) is 0 Å². The van der Waals surface area contributed by atoms with Gasteiger partial charge >= 0.3 is 0 Å². The Morgan fingerprint density at radius 2 is 1.52 bits per heavy atom. The van der Waals surface area contributed by atoms with Gasteiger partial charge in [-0.05, 0) is 46.9 Å². The van der Waals surface area contributed by atoms with Crippen LogP contribution in [0.3, 0.4) is 0 Å². The predicted molar refractivity (Wildman–Crippen MR) is 111 cm³/mol. The molecule has 1 aliphatic rings. The van der Waals surface area contributed by atoms with Crippen LogP contribution in [0.4, 0.5) is 0 Å². The van der Waals surface area contributed by atoms with Crippen LogP contribution in [0, 0.1) is 0 Å². The van der Waals surface area contributed by atoms with Gasteiger partial charge in [-0.1, -0.05) is 71.4 Å². The Morgan fingerprint density at radius 1 is 1.00 bits per heavy atom. The Hall–Kier alpha value is -1.71. The van der Waals surface area contributed by atoms with E-state index in [1.54, 1.807) is 0 Å². The van der Waals surface area contributed by atoms with E-state index in [1.807, 2.05) is 24.3 Å². The standard InChI is InChI=1S/C21H24ClNOS/c1-25(2,22)15-7-14-23-21(24)20-18-10-5-3-8-16(18)12-13-17-9-4-6-11-19(17)20/h3-6,8-13,20H,7,14-15H2,1-2H3,(H,23,24). The van der Waals surface area contributed by atoms with Crippen LogP contribution in [0.5, 0.6) is 0 Å². The highest BCUT2D eigenvalue weighted by Crippen LogP contribution is 2.45. The molecule has 3 rings (SSSR count). The molecule has 0 aliphatic heterocycles. The quantitative estimate of drug-likeness (QED) is 0.732. The van der Waals surface area contributed by atoms with Crippen LogP contribution in [-0.4, -0.2) is 30.7 Å². The fraction of sp³-hybridized carbons (Fsp3) is 0.286. The fourth-order valence-electron chi connectivity index (χ4n) is 3.21. The Labute approximate surface area is 156 Å². The Balaban J connectivity index is 1.84. The van der Waals surface area contributed by atoms with Crippen LogP contribution in [0.25, 0.3) is 12.2 Å². The van der Waals surface area contributed by atoms with Gasteiger partial charge in [-0.3, -0.25) is 4.79 Å². The van der Waals surface area contributed by atoms with E-state index in [0.29, 0.717) is 6.54 Å². The Morgan fingerprint density at radius 3 is 2.04 bits per heavy atom. The largest absolute Gasteiger partial charge is 0.355 e. The highest BCUT2D eigenvalue weighted by atomic mass is 35.7. The van der Waals surface area contributed by atoms with Gasteiger partial charge in [0, 0.05) is 6.54 Å². The molecule has 0 saturated heterocycles. The maximum Gasteiger partial charge on any atom is 0.232 e. The summed E-state index contributed by atoms with van der Waals surface area (Å²) in [5, 5.41) is 3.12. The van der Waals surface area contributed by atoms with Gasteiger partial charge in [0.15, 0.2) is 0 Å². The van der Waals surface area contributed by atoms with Crippen LogP contribution in [0.1, 0.15) is 34.6 Å². The molecule has 2 nitrogen and oxygen atoms in total. The first kappa shape index (κ1) is 18.1. The maximum atomic E-state index is 13.0. The molecule has 0 saturated carbocycles. The molecule has 2 aromatic rings. The van der Waals surface area contributed by atoms with Crippen molar-refractivity contribution < 1.29 is 4.79 Å². The summed E-state index contributed by atoms with van der Waals surface area (Å²) in [6.07, 6.45) is 9.27. The van der Waals surface area contributed by atoms with E-state index < -0.39 is 9.24 Å². The van der Waals surface area contributed by atoms with Gasteiger partial charge in [0.1, 0.15) is 0 Å². The van der Waals surface area contributed by atoms with Crippen LogP contribution in [0.15, 0.2) is 48.5 Å². The van der Waals surface area contributed by atoms with Gasteiger partial charge in [-0.2, -0.15) is 9.24 Å². The van der Waals surface area contributed by atoms with E-state index in [1.165, 1.54) is 0 Å². The molecule has 1 N–H and O–H groups in total. The molecule has 0 spiro atoms. The van der Waals surface area contributed by atoms with E-state index in [-0.39, 0.29) is 11.8 Å². The summed E-state index contributed by atoms with van der Waals surface area (Å²) in [4.78, 5) is 13.0. The second kappa shape index (κ2) is 7.67. The third kappa shape index (κ3) is 4.47. The lowest BCUT2D eigenvalue weighted by atomic mass is 9.87. The molecule has 0 fully saturated rings. The lowest BCUT2D eigenvalue weighted by Gasteiger charge is -2.23. The predicted octanol–water partition coefficient (Wildman–Crippen LogP) is 5.03. The van der Waals surface area contributed by atoms with Crippen molar-refractivity contribution in [3.8, 4) is 0 Å². The highest BCUT2D eigenvalue weighted by molar-refractivity contribution is 8.50. The van der Waals surface area contributed by atoms with Crippen molar-refractivity contribution in [3.05, 3.63) is 70.8 Å². The molecule has 1 aliphatic carbocycles. The van der Waals surface area contributed by atoms with Crippen LogP contribution in [0.2, 0.25) is 0 Å². The average Bonchev–Trinajstić information content (AvgIpc) is 2.74. The Kier molecular flexibility index (Phi) is 5.55. The summed E-state index contributed by atoms with van der Waals surface area (Å²) in [6, 6.07) is 16.3. The maximum absolute atomic E-state index is 13.0. The van der Waals surface area contributed by atoms with E-state index in [4.69, 9.17) is 10.7 Å². The molecule has 1 amide bonds. The minimum absolute atomic E-state index is 0.0611. The number of fused-ring (bicyclic) bond motifs is 2. The summed E-state index contributed by atoms with van der Waals surface area (Å²) in [6.45, 7) is 0.663. The number of hydrogen-bond acceptors (Lipinski definition) is 1. The van der Waals surface area contributed by atoms with Crippen molar-refractivity contribution in [2.45, 2.75) is 12.3 Å². The number of amides is 1. The smallest absolute Gasteiger partial charge is 0.232 e. The number of hydrogen-bond donors (Lipinski definition) is 1. The molecule has 4 heteroatoms. The second-order valence-electron chi connectivity index (χ2n) is 6.78. The lowest BCUT2D eigenvalue weighted by molar-refractivity contribution is -0.121. The highest BCUT2D eigenvalue weighted by Gasteiger charge is 2.27. The third-order valence-electron chi connectivity index (χ3n) is 4.42. The second-order valence-corrected chi connectivity index (χ2v) is 12.5. The van der Waals surface area contributed by atoms with Crippen LogP contribution >= 0.6 is 19.9 Å². The normalized spacial score (nSPS) is 14.4. The number of carbonyl (C=O) groups excluding carboxylic acids is 1. The van der Waals surface area contributed by atoms with Crippen molar-refractivity contribution in [1.82, 2.24) is 5.32 Å². The monoisotopic (exact) mass is 373 g/mol. The summed E-state index contributed by atoms with van der Waals surface area (Å²) < 4.78 is 0. The molecule has 0 radical (unpaired) electrons. The fourth-order valence-corrected chi connectivity index (χ4v) is 4.37. The molecule has 0 aromatic heterocycles. The zero-order valence-corrected chi connectivity index (χ0v) is 16.2. The summed E-state index contributed by atoms with van der Waals surface area (Å²) in [5.41, 5.74) is 4.32. The van der Waals surface area contributed by atoms with Gasteiger partial charge in [0.2, 0.25) is 5.91 Å². The SMILES string of the molecule is CS(C)(Cl)CCCNC(=O)C1c2ccccc2C=Cc2ccccc21. The zero-order chi connectivity index (χ0) is 17.9. The molecule has 0 bridgehead atoms. The summed E-state index contributed by atoms with van der Waals surface area (Å²) >= 11 is 0. The topological polar surface area (TPSA) is 29.1 Å². The van der Waals surface area contributed by atoms with Crippen molar-refractivity contribution in [1.29, 1.82) is 0 Å². The molecule has 2 aromatic carbocycles. The lowest BCUT2D eigenvalue weighted by Crippen LogP contribution is -2.31. The van der Waals surface area contributed by atoms with E-state index >= 15 is 0 Å². The molecule has 0 heterocycles. The van der Waals surface area contributed by atoms with E-state index in [2.05, 4.69) is 54.2 Å².